The highest BCUT2D eigenvalue weighted by Crippen LogP contribution is 2.20. The third-order valence-corrected chi connectivity index (χ3v) is 3.54. The minimum absolute atomic E-state index is 0.275. The molecule has 0 unspecified atom stereocenters. The zero-order valence-corrected chi connectivity index (χ0v) is 12.3. The number of nitrogens with one attached hydrogen (secondary N) is 3. The fourth-order valence-corrected chi connectivity index (χ4v) is 2.39. The first-order valence-corrected chi connectivity index (χ1v) is 7.22. The summed E-state index contributed by atoms with van der Waals surface area (Å²) in [7, 11) is 0. The van der Waals surface area contributed by atoms with Gasteiger partial charge in [-0.25, -0.2) is 4.79 Å². The lowest BCUT2D eigenvalue weighted by Crippen LogP contribution is -2.30. The number of carbonyl (C=O) groups excluding carboxylic acids is 3. The van der Waals surface area contributed by atoms with Crippen molar-refractivity contribution >= 4 is 23.5 Å². The minimum atomic E-state index is -0.446. The number of anilines is 1. The van der Waals surface area contributed by atoms with Crippen molar-refractivity contribution in [2.45, 2.75) is 6.42 Å². The fraction of sp³-hybridized carbons (Fsp3) is 0.118. The first kappa shape index (κ1) is 14.8. The molecule has 0 aromatic heterocycles. The van der Waals surface area contributed by atoms with E-state index in [1.54, 1.807) is 6.07 Å². The second-order valence-corrected chi connectivity index (χ2v) is 5.16. The van der Waals surface area contributed by atoms with Crippen LogP contribution in [0.15, 0.2) is 48.5 Å². The molecule has 0 saturated heterocycles. The van der Waals surface area contributed by atoms with Crippen LogP contribution in [-0.4, -0.2) is 24.4 Å². The number of imide groups is 1. The van der Waals surface area contributed by atoms with E-state index < -0.39 is 11.8 Å². The van der Waals surface area contributed by atoms with E-state index >= 15 is 0 Å². The number of hydrogen-bond donors (Lipinski definition) is 3. The van der Waals surface area contributed by atoms with Crippen LogP contribution in [-0.2, 0) is 6.42 Å². The summed E-state index contributed by atoms with van der Waals surface area (Å²) in [6.07, 6.45) is 0.732. The summed E-state index contributed by atoms with van der Waals surface area (Å²) in [6, 6.07) is 14.1. The van der Waals surface area contributed by atoms with Crippen molar-refractivity contribution in [2.24, 2.45) is 0 Å². The van der Waals surface area contributed by atoms with Gasteiger partial charge in [0.15, 0.2) is 0 Å². The van der Waals surface area contributed by atoms with Crippen molar-refractivity contribution in [1.29, 1.82) is 0 Å². The number of hydrogen-bond acceptors (Lipinski definition) is 3. The van der Waals surface area contributed by atoms with E-state index in [-0.39, 0.29) is 11.6 Å². The monoisotopic (exact) mass is 309 g/mol. The van der Waals surface area contributed by atoms with Gasteiger partial charge in [0.2, 0.25) is 0 Å². The lowest BCUT2D eigenvalue weighted by atomic mass is 10.1. The molecule has 0 atom stereocenters. The molecule has 4 amide bonds. The topological polar surface area (TPSA) is 87.3 Å². The predicted molar refractivity (Wildman–Crippen MR) is 85.4 cm³/mol. The Morgan fingerprint density at radius 3 is 2.48 bits per heavy atom. The van der Waals surface area contributed by atoms with Gasteiger partial charge in [-0.05, 0) is 30.2 Å². The predicted octanol–water partition coefficient (Wildman–Crippen LogP) is 1.93. The van der Waals surface area contributed by atoms with Crippen LogP contribution in [0.2, 0.25) is 0 Å². The number of rotatable bonds is 4. The largest absolute Gasteiger partial charge is 0.338 e. The van der Waals surface area contributed by atoms with E-state index in [2.05, 4.69) is 16.0 Å². The summed E-state index contributed by atoms with van der Waals surface area (Å²) >= 11 is 0. The summed E-state index contributed by atoms with van der Waals surface area (Å²) in [6.45, 7) is 0.500. The first-order chi connectivity index (χ1) is 11.1. The highest BCUT2D eigenvalue weighted by molar-refractivity contribution is 6.22. The van der Waals surface area contributed by atoms with Crippen LogP contribution in [0.5, 0.6) is 0 Å². The maximum atomic E-state index is 11.9. The molecule has 2 aromatic rings. The molecular weight excluding hydrogens is 294 g/mol. The molecule has 0 radical (unpaired) electrons. The Morgan fingerprint density at radius 1 is 0.957 bits per heavy atom. The average Bonchev–Trinajstić information content (AvgIpc) is 2.83. The Kier molecular flexibility index (Phi) is 4.05. The maximum absolute atomic E-state index is 11.9. The van der Waals surface area contributed by atoms with Gasteiger partial charge in [0.25, 0.3) is 11.8 Å². The molecule has 116 valence electrons. The van der Waals surface area contributed by atoms with Crippen LogP contribution in [0.3, 0.4) is 0 Å². The van der Waals surface area contributed by atoms with Crippen LogP contribution in [0.4, 0.5) is 10.5 Å². The Bertz CT molecular complexity index is 772. The maximum Gasteiger partial charge on any atom is 0.319 e. The molecule has 0 saturated carbocycles. The second kappa shape index (κ2) is 6.31. The Labute approximate surface area is 132 Å². The van der Waals surface area contributed by atoms with Crippen LogP contribution >= 0.6 is 0 Å². The third-order valence-electron chi connectivity index (χ3n) is 3.54. The van der Waals surface area contributed by atoms with Gasteiger partial charge in [0.05, 0.1) is 11.1 Å². The fourth-order valence-electron chi connectivity index (χ4n) is 2.39. The smallest absolute Gasteiger partial charge is 0.319 e. The number of fused-ring (bicyclic) bond motifs is 1. The second-order valence-electron chi connectivity index (χ2n) is 5.16. The van der Waals surface area contributed by atoms with Gasteiger partial charge < -0.3 is 10.6 Å². The van der Waals surface area contributed by atoms with Crippen LogP contribution < -0.4 is 16.0 Å². The molecule has 0 bridgehead atoms. The molecule has 1 aliphatic heterocycles. The van der Waals surface area contributed by atoms with Gasteiger partial charge in [-0.1, -0.05) is 30.3 Å². The van der Waals surface area contributed by atoms with Crippen molar-refractivity contribution in [3.8, 4) is 0 Å². The molecule has 1 heterocycles. The summed E-state index contributed by atoms with van der Waals surface area (Å²) < 4.78 is 0. The lowest BCUT2D eigenvalue weighted by Gasteiger charge is -2.08. The Balaban J connectivity index is 1.55. The van der Waals surface area contributed by atoms with Gasteiger partial charge in [-0.3, -0.25) is 14.9 Å². The van der Waals surface area contributed by atoms with E-state index in [0.29, 0.717) is 17.8 Å². The highest BCUT2D eigenvalue weighted by atomic mass is 16.2. The van der Waals surface area contributed by atoms with E-state index in [0.717, 1.165) is 12.0 Å². The normalized spacial score (nSPS) is 12.5. The Hall–Kier alpha value is -3.15. The van der Waals surface area contributed by atoms with Gasteiger partial charge >= 0.3 is 6.03 Å². The highest BCUT2D eigenvalue weighted by Gasteiger charge is 2.26. The molecule has 3 N–H and O–H groups in total. The van der Waals surface area contributed by atoms with Crippen molar-refractivity contribution in [3.63, 3.8) is 0 Å². The molecule has 0 fully saturated rings. The average molecular weight is 309 g/mol. The van der Waals surface area contributed by atoms with Crippen LogP contribution in [0.25, 0.3) is 0 Å². The molecule has 6 heteroatoms. The molecule has 23 heavy (non-hydrogen) atoms. The molecule has 3 rings (SSSR count). The number of carbonyl (C=O) groups is 3. The quantitative estimate of drug-likeness (QED) is 0.754. The molecule has 0 aliphatic carbocycles. The van der Waals surface area contributed by atoms with Crippen LogP contribution in [0.1, 0.15) is 26.3 Å². The number of urea groups is 1. The Morgan fingerprint density at radius 2 is 1.70 bits per heavy atom. The minimum Gasteiger partial charge on any atom is -0.338 e. The number of benzene rings is 2. The lowest BCUT2D eigenvalue weighted by molar-refractivity contribution is 0.0879. The molecule has 6 nitrogen and oxygen atoms in total. The van der Waals surface area contributed by atoms with Gasteiger partial charge in [0, 0.05) is 12.2 Å². The summed E-state index contributed by atoms with van der Waals surface area (Å²) in [5.41, 5.74) is 2.20. The SMILES string of the molecule is O=C(NCCc1ccccc1)Nc1ccc2c(c1)C(=O)NC2=O. The number of amides is 4. The van der Waals surface area contributed by atoms with Crippen LogP contribution in [0, 0.1) is 0 Å². The van der Waals surface area contributed by atoms with Crippen molar-refractivity contribution in [2.75, 3.05) is 11.9 Å². The first-order valence-electron chi connectivity index (χ1n) is 7.22. The summed E-state index contributed by atoms with van der Waals surface area (Å²) in [4.78, 5) is 34.9. The standard InChI is InChI=1S/C17H15N3O3/c21-15-13-7-6-12(10-14(13)16(22)20-15)19-17(23)18-9-8-11-4-2-1-3-5-11/h1-7,10H,8-9H2,(H2,18,19,23)(H,20,21,22). The zero-order valence-electron chi connectivity index (χ0n) is 12.3. The molecule has 2 aromatic carbocycles. The molecular formula is C17H15N3O3. The van der Waals surface area contributed by atoms with Gasteiger partial charge in [-0.15, -0.1) is 0 Å². The van der Waals surface area contributed by atoms with Gasteiger partial charge in [0.1, 0.15) is 0 Å². The summed E-state index contributed by atoms with van der Waals surface area (Å²) in [5, 5.41) is 7.61. The van der Waals surface area contributed by atoms with E-state index in [1.165, 1.54) is 12.1 Å². The summed E-state index contributed by atoms with van der Waals surface area (Å²) in [5.74, 6) is -0.859. The van der Waals surface area contributed by atoms with E-state index in [1.807, 2.05) is 30.3 Å². The molecule has 1 aliphatic rings. The van der Waals surface area contributed by atoms with Crippen molar-refractivity contribution in [3.05, 3.63) is 65.2 Å². The molecule has 0 spiro atoms. The zero-order chi connectivity index (χ0) is 16.2. The third kappa shape index (κ3) is 3.37. The van der Waals surface area contributed by atoms with E-state index in [9.17, 15) is 14.4 Å². The van der Waals surface area contributed by atoms with Crippen molar-refractivity contribution in [1.82, 2.24) is 10.6 Å². The van der Waals surface area contributed by atoms with Gasteiger partial charge in [-0.2, -0.15) is 0 Å². The van der Waals surface area contributed by atoms with E-state index in [4.69, 9.17) is 0 Å². The van der Waals surface area contributed by atoms with Crippen molar-refractivity contribution < 1.29 is 14.4 Å².